The highest BCUT2D eigenvalue weighted by atomic mass is 35.5. The zero-order valence-electron chi connectivity index (χ0n) is 20.8. The van der Waals surface area contributed by atoms with Gasteiger partial charge in [0.25, 0.3) is 0 Å². The van der Waals surface area contributed by atoms with Gasteiger partial charge in [0, 0.05) is 18.1 Å². The van der Waals surface area contributed by atoms with E-state index in [4.69, 9.17) is 21.1 Å². The molecule has 1 fully saturated rings. The molecule has 0 spiro atoms. The summed E-state index contributed by atoms with van der Waals surface area (Å²) in [5, 5.41) is 0.132. The van der Waals surface area contributed by atoms with Crippen molar-refractivity contribution in [1.29, 1.82) is 0 Å². The molecule has 0 saturated heterocycles. The van der Waals surface area contributed by atoms with Crippen LogP contribution in [0.1, 0.15) is 53.2 Å². The molecule has 37 heavy (non-hydrogen) atoms. The zero-order chi connectivity index (χ0) is 26.7. The number of benzene rings is 3. The van der Waals surface area contributed by atoms with E-state index in [1.807, 2.05) is 19.1 Å². The molecular weight excluding hydrogens is 497 g/mol. The Labute approximate surface area is 219 Å². The molecule has 0 N–H and O–H groups in total. The molecule has 3 aromatic rings. The number of nitrogens with zero attached hydrogens (tertiary/aromatic N) is 1. The fourth-order valence-electron chi connectivity index (χ4n) is 4.14. The van der Waals surface area contributed by atoms with Crippen LogP contribution in [0.15, 0.2) is 60.7 Å². The molecule has 1 aliphatic carbocycles. The maximum absolute atomic E-state index is 13.8. The number of hydrogen-bond acceptors (Lipinski definition) is 5. The Hall–Kier alpha value is -3.71. The molecule has 6 nitrogen and oxygen atoms in total. The summed E-state index contributed by atoms with van der Waals surface area (Å²) in [7, 11) is 0. The van der Waals surface area contributed by atoms with Crippen molar-refractivity contribution in [1.82, 2.24) is 0 Å². The predicted molar refractivity (Wildman–Crippen MR) is 139 cm³/mol. The van der Waals surface area contributed by atoms with Crippen molar-refractivity contribution in [3.8, 4) is 0 Å². The second-order valence-electron chi connectivity index (χ2n) is 9.09. The quantitative estimate of drug-likeness (QED) is 0.185. The molecule has 1 unspecified atom stereocenters. The molecule has 8 heteroatoms. The number of carbonyl (C=O) groups excluding carboxylic acids is 3. The highest BCUT2D eigenvalue weighted by Gasteiger charge is 2.30. The van der Waals surface area contributed by atoms with E-state index in [1.54, 1.807) is 25.1 Å². The van der Waals surface area contributed by atoms with Crippen LogP contribution < -0.4 is 4.90 Å². The summed E-state index contributed by atoms with van der Waals surface area (Å²) in [6.45, 7) is 4.95. The number of esters is 1. The lowest BCUT2D eigenvalue weighted by Gasteiger charge is -2.28. The van der Waals surface area contributed by atoms with Crippen molar-refractivity contribution in [2.75, 3.05) is 4.90 Å². The van der Waals surface area contributed by atoms with Crippen LogP contribution >= 0.6 is 11.6 Å². The summed E-state index contributed by atoms with van der Waals surface area (Å²) in [5.74, 6) is -1.29. The van der Waals surface area contributed by atoms with E-state index in [-0.39, 0.29) is 22.3 Å². The van der Waals surface area contributed by atoms with Crippen LogP contribution in [0.5, 0.6) is 0 Å². The normalized spacial score (nSPS) is 13.9. The van der Waals surface area contributed by atoms with Gasteiger partial charge in [-0.15, -0.1) is 0 Å². The molecule has 3 aromatic carbocycles. The van der Waals surface area contributed by atoms with E-state index in [0.717, 1.165) is 24.8 Å². The summed E-state index contributed by atoms with van der Waals surface area (Å²) in [5.41, 5.74) is 2.70. The molecule has 0 bridgehead atoms. The summed E-state index contributed by atoms with van der Waals surface area (Å²) in [6, 6.07) is 15.7. The maximum atomic E-state index is 13.8. The molecule has 1 amide bonds. The predicted octanol–water partition coefficient (Wildman–Crippen LogP) is 7.29. The van der Waals surface area contributed by atoms with Crippen molar-refractivity contribution in [3.63, 3.8) is 0 Å². The number of rotatable bonds is 7. The van der Waals surface area contributed by atoms with Gasteiger partial charge >= 0.3 is 12.1 Å². The fourth-order valence-corrected chi connectivity index (χ4v) is 4.40. The van der Waals surface area contributed by atoms with Crippen molar-refractivity contribution in [3.05, 3.63) is 93.8 Å². The molecule has 4 rings (SSSR count). The monoisotopic (exact) mass is 523 g/mol. The lowest BCUT2D eigenvalue weighted by molar-refractivity contribution is -0.172. The standard InChI is InChI=1S/C29H27ClFNO5/c1-17-7-4-5-10-23(17)27(33)24-13-12-22(16-25(24)30)32(26-14-11-21(31)15-18(26)2)29(35)37-19(3)36-28(34)20-8-6-9-20/h4-5,7,10-16,19-20H,6,8-9H2,1-3H3. The Morgan fingerprint density at radius 3 is 2.30 bits per heavy atom. The van der Waals surface area contributed by atoms with Gasteiger partial charge in [-0.3, -0.25) is 9.59 Å². The number of aryl methyl sites for hydroxylation is 2. The lowest BCUT2D eigenvalue weighted by atomic mass is 9.86. The molecule has 192 valence electrons. The van der Waals surface area contributed by atoms with E-state index in [2.05, 4.69) is 0 Å². The van der Waals surface area contributed by atoms with Gasteiger partial charge in [0.1, 0.15) is 5.82 Å². The van der Waals surface area contributed by atoms with Crippen LogP contribution in [0.3, 0.4) is 0 Å². The van der Waals surface area contributed by atoms with E-state index < -0.39 is 24.2 Å². The van der Waals surface area contributed by atoms with E-state index >= 15 is 0 Å². The minimum Gasteiger partial charge on any atom is -0.425 e. The van der Waals surface area contributed by atoms with Crippen molar-refractivity contribution >= 4 is 40.8 Å². The van der Waals surface area contributed by atoms with Gasteiger partial charge in [-0.1, -0.05) is 42.3 Å². The molecule has 0 radical (unpaired) electrons. The summed E-state index contributed by atoms with van der Waals surface area (Å²) < 4.78 is 24.6. The van der Waals surface area contributed by atoms with Gasteiger partial charge in [-0.25, -0.2) is 14.1 Å². The number of hydrogen-bond donors (Lipinski definition) is 0. The number of halogens is 2. The van der Waals surface area contributed by atoms with Crippen molar-refractivity contribution < 1.29 is 28.2 Å². The van der Waals surface area contributed by atoms with Crippen LogP contribution in [0.2, 0.25) is 5.02 Å². The van der Waals surface area contributed by atoms with Crippen LogP contribution in [0.25, 0.3) is 0 Å². The molecule has 1 aliphatic rings. The first-order chi connectivity index (χ1) is 17.7. The van der Waals surface area contributed by atoms with Gasteiger partial charge in [0.2, 0.25) is 6.29 Å². The first-order valence-electron chi connectivity index (χ1n) is 12.0. The summed E-state index contributed by atoms with van der Waals surface area (Å²) >= 11 is 6.53. The average Bonchev–Trinajstić information content (AvgIpc) is 2.79. The third-order valence-electron chi connectivity index (χ3n) is 6.41. The minimum absolute atomic E-state index is 0.132. The molecule has 0 heterocycles. The second-order valence-corrected chi connectivity index (χ2v) is 9.50. The van der Waals surface area contributed by atoms with Crippen molar-refractivity contribution in [2.24, 2.45) is 5.92 Å². The first-order valence-corrected chi connectivity index (χ1v) is 12.4. The number of ether oxygens (including phenoxy) is 2. The molecule has 0 aromatic heterocycles. The lowest BCUT2D eigenvalue weighted by Crippen LogP contribution is -2.34. The molecule has 0 aliphatic heterocycles. The number of anilines is 2. The van der Waals surface area contributed by atoms with Gasteiger partial charge in [-0.2, -0.15) is 0 Å². The third-order valence-corrected chi connectivity index (χ3v) is 6.73. The molecule has 1 atom stereocenters. The Bertz CT molecular complexity index is 1350. The van der Waals surface area contributed by atoms with Gasteiger partial charge in [-0.05, 0) is 74.2 Å². The first kappa shape index (κ1) is 26.4. The summed E-state index contributed by atoms with van der Waals surface area (Å²) in [4.78, 5) is 39.8. The highest BCUT2D eigenvalue weighted by molar-refractivity contribution is 6.35. The largest absolute Gasteiger partial charge is 0.425 e. The number of ketones is 1. The minimum atomic E-state index is -1.14. The average molecular weight is 524 g/mol. The third kappa shape index (κ3) is 5.83. The van der Waals surface area contributed by atoms with E-state index in [9.17, 15) is 18.8 Å². The Balaban J connectivity index is 1.64. The topological polar surface area (TPSA) is 72.9 Å². The van der Waals surface area contributed by atoms with E-state index in [0.29, 0.717) is 22.5 Å². The maximum Gasteiger partial charge on any atom is 0.422 e. The Morgan fingerprint density at radius 1 is 0.946 bits per heavy atom. The fraction of sp³-hybridized carbons (Fsp3) is 0.276. The number of amides is 1. The van der Waals surface area contributed by atoms with Gasteiger partial charge in [0.15, 0.2) is 5.78 Å². The smallest absolute Gasteiger partial charge is 0.422 e. The highest BCUT2D eigenvalue weighted by Crippen LogP contribution is 2.34. The van der Waals surface area contributed by atoms with Crippen molar-refractivity contribution in [2.45, 2.75) is 46.3 Å². The Morgan fingerprint density at radius 2 is 1.68 bits per heavy atom. The van der Waals surface area contributed by atoms with Crippen LogP contribution in [-0.4, -0.2) is 24.1 Å². The van der Waals surface area contributed by atoms with Gasteiger partial charge in [0.05, 0.1) is 22.3 Å². The van der Waals surface area contributed by atoms with Gasteiger partial charge < -0.3 is 9.47 Å². The zero-order valence-corrected chi connectivity index (χ0v) is 21.5. The molecule has 1 saturated carbocycles. The molecular formula is C29H27ClFNO5. The van der Waals surface area contributed by atoms with Crippen LogP contribution in [-0.2, 0) is 14.3 Å². The Kier molecular flexibility index (Phi) is 7.93. The summed E-state index contributed by atoms with van der Waals surface area (Å²) in [6.07, 6.45) is 0.493. The number of carbonyl (C=O) groups is 3. The van der Waals surface area contributed by atoms with E-state index in [1.165, 1.54) is 42.2 Å². The second kappa shape index (κ2) is 11.1. The van der Waals surface area contributed by atoms with Crippen LogP contribution in [0.4, 0.5) is 20.6 Å². The SMILES string of the molecule is Cc1ccccc1C(=O)c1ccc(N(C(=O)OC(C)OC(=O)C2CCC2)c2ccc(F)cc2C)cc1Cl. The van der Waals surface area contributed by atoms with Crippen LogP contribution in [0, 0.1) is 25.6 Å².